The molecule has 0 aliphatic carbocycles. The van der Waals surface area contributed by atoms with Gasteiger partial charge in [0.05, 0.1) is 5.57 Å². The fourth-order valence-corrected chi connectivity index (χ4v) is 6.29. The fraction of sp³-hybridized carbons (Fsp3) is 0.882. The third kappa shape index (κ3) is 4.14. The standard InChI is InChI=1S/C17H19F9O4S2/c1-13(2)29-10-9(27-3)8(28-11(10)30-13)7(12-31-5-4-6-32-12)14(18,19)15(20,21)16(22,23)17(24,25)26/h8-11H,4-6H2,1-3H3/t8-,9+,10-,11-/m1/s1. The van der Waals surface area contributed by atoms with Crippen LogP contribution in [-0.4, -0.2) is 72.9 Å². The SMILES string of the molecule is CO[C@@H]1[C@H]2OC(C)(C)O[C@H]2O[C@@H]1C(=C1SCCCS1)C(F)(F)C(F)(F)C(F)(F)C(F)(F)F. The van der Waals surface area contributed by atoms with Gasteiger partial charge < -0.3 is 18.9 Å². The van der Waals surface area contributed by atoms with Gasteiger partial charge in [0, 0.05) is 11.3 Å². The lowest BCUT2D eigenvalue weighted by atomic mass is 9.91. The zero-order valence-electron chi connectivity index (χ0n) is 16.8. The van der Waals surface area contributed by atoms with Crippen LogP contribution >= 0.6 is 23.5 Å². The molecule has 3 heterocycles. The molecule has 3 rings (SSSR count). The number of thioether (sulfide) groups is 2. The van der Waals surface area contributed by atoms with Gasteiger partial charge in [-0.1, -0.05) is 0 Å². The second-order valence-electron chi connectivity index (χ2n) is 7.70. The van der Waals surface area contributed by atoms with E-state index in [-0.39, 0.29) is 11.5 Å². The number of methoxy groups -OCH3 is 1. The third-order valence-corrected chi connectivity index (χ3v) is 7.66. The predicted molar refractivity (Wildman–Crippen MR) is 97.0 cm³/mol. The Labute approximate surface area is 185 Å². The highest BCUT2D eigenvalue weighted by atomic mass is 32.2. The number of hydrogen-bond acceptors (Lipinski definition) is 6. The van der Waals surface area contributed by atoms with Crippen molar-refractivity contribution in [2.75, 3.05) is 18.6 Å². The van der Waals surface area contributed by atoms with Gasteiger partial charge in [-0.05, 0) is 31.8 Å². The van der Waals surface area contributed by atoms with E-state index < -0.39 is 64.1 Å². The van der Waals surface area contributed by atoms with Crippen molar-refractivity contribution in [1.82, 2.24) is 0 Å². The molecule has 0 unspecified atom stereocenters. The van der Waals surface area contributed by atoms with Crippen LogP contribution in [0.2, 0.25) is 0 Å². The summed E-state index contributed by atoms with van der Waals surface area (Å²) in [5.74, 6) is -20.7. The average molecular weight is 522 g/mol. The van der Waals surface area contributed by atoms with Crippen molar-refractivity contribution in [3.63, 3.8) is 0 Å². The summed E-state index contributed by atoms with van der Waals surface area (Å²) >= 11 is 1.29. The number of ether oxygens (including phenoxy) is 4. The normalized spacial score (nSPS) is 31.7. The number of hydrogen-bond donors (Lipinski definition) is 0. The van der Waals surface area contributed by atoms with Crippen LogP contribution in [0.25, 0.3) is 0 Å². The van der Waals surface area contributed by atoms with Gasteiger partial charge in [0.2, 0.25) is 0 Å². The second kappa shape index (κ2) is 8.40. The number of rotatable bonds is 5. The molecule has 0 N–H and O–H groups in total. The maximum atomic E-state index is 15.1. The molecule has 0 radical (unpaired) electrons. The Morgan fingerprint density at radius 3 is 2.00 bits per heavy atom. The maximum Gasteiger partial charge on any atom is 0.460 e. The number of halogens is 9. The first-order valence-electron chi connectivity index (χ1n) is 9.22. The van der Waals surface area contributed by atoms with Crippen molar-refractivity contribution in [3.05, 3.63) is 9.81 Å². The second-order valence-corrected chi connectivity index (χ2v) is 10.2. The lowest BCUT2D eigenvalue weighted by molar-refractivity contribution is -0.391. The van der Waals surface area contributed by atoms with E-state index in [1.165, 1.54) is 13.8 Å². The van der Waals surface area contributed by atoms with E-state index in [4.69, 9.17) is 18.9 Å². The van der Waals surface area contributed by atoms with Gasteiger partial charge in [0.1, 0.15) is 18.3 Å². The molecule has 0 aromatic carbocycles. The Morgan fingerprint density at radius 2 is 1.50 bits per heavy atom. The van der Waals surface area contributed by atoms with E-state index in [1.54, 1.807) is 0 Å². The number of alkyl halides is 9. The molecule has 0 saturated carbocycles. The van der Waals surface area contributed by atoms with E-state index in [0.717, 1.165) is 7.11 Å². The summed E-state index contributed by atoms with van der Waals surface area (Å²) in [5.41, 5.74) is -1.70. The van der Waals surface area contributed by atoms with Crippen LogP contribution < -0.4 is 0 Å². The van der Waals surface area contributed by atoms with Crippen LogP contribution in [0.5, 0.6) is 0 Å². The fourth-order valence-electron chi connectivity index (χ4n) is 3.52. The molecule has 186 valence electrons. The average Bonchev–Trinajstić information content (AvgIpc) is 3.12. The van der Waals surface area contributed by atoms with Crippen molar-refractivity contribution in [3.8, 4) is 0 Å². The van der Waals surface area contributed by atoms with Gasteiger partial charge in [0.15, 0.2) is 12.1 Å². The van der Waals surface area contributed by atoms with Crippen LogP contribution in [0.15, 0.2) is 9.81 Å². The van der Waals surface area contributed by atoms with Crippen LogP contribution in [0.1, 0.15) is 20.3 Å². The molecule has 3 fully saturated rings. The molecule has 3 saturated heterocycles. The number of fused-ring (bicyclic) bond motifs is 1. The van der Waals surface area contributed by atoms with Gasteiger partial charge >= 0.3 is 23.9 Å². The summed E-state index contributed by atoms with van der Waals surface area (Å²) in [6.45, 7) is 2.91. The molecular weight excluding hydrogens is 503 g/mol. The van der Waals surface area contributed by atoms with Crippen LogP contribution in [-0.2, 0) is 18.9 Å². The Hall–Kier alpha value is -0.350. The Bertz CT molecular complexity index is 749. The summed E-state index contributed by atoms with van der Waals surface area (Å²) in [6, 6.07) is 0. The molecule has 0 aromatic rings. The molecule has 4 atom stereocenters. The van der Waals surface area contributed by atoms with Crippen molar-refractivity contribution < 1.29 is 58.5 Å². The van der Waals surface area contributed by atoms with E-state index in [9.17, 15) is 30.7 Å². The zero-order valence-corrected chi connectivity index (χ0v) is 18.4. The van der Waals surface area contributed by atoms with Crippen molar-refractivity contribution >= 4 is 23.5 Å². The summed E-state index contributed by atoms with van der Waals surface area (Å²) in [7, 11) is 1.02. The predicted octanol–water partition coefficient (Wildman–Crippen LogP) is 5.43. The maximum absolute atomic E-state index is 15.1. The Kier molecular flexibility index (Phi) is 6.89. The minimum atomic E-state index is -7.02. The highest BCUT2D eigenvalue weighted by Gasteiger charge is 2.83. The minimum Gasteiger partial charge on any atom is -0.375 e. The van der Waals surface area contributed by atoms with Gasteiger partial charge in [-0.25, -0.2) is 0 Å². The van der Waals surface area contributed by atoms with Gasteiger partial charge in [0.25, 0.3) is 0 Å². The quantitative estimate of drug-likeness (QED) is 0.449. The molecule has 0 bridgehead atoms. The van der Waals surface area contributed by atoms with Crippen molar-refractivity contribution in [1.29, 1.82) is 0 Å². The van der Waals surface area contributed by atoms with Crippen molar-refractivity contribution in [2.45, 2.75) is 74.6 Å². The molecule has 0 spiro atoms. The lowest BCUT2D eigenvalue weighted by Gasteiger charge is -2.38. The van der Waals surface area contributed by atoms with Crippen molar-refractivity contribution in [2.24, 2.45) is 0 Å². The summed E-state index contributed by atoms with van der Waals surface area (Å²) in [6.07, 6.45) is -12.7. The first kappa shape index (κ1) is 26.3. The zero-order chi connectivity index (χ0) is 24.3. The smallest absolute Gasteiger partial charge is 0.375 e. The molecule has 15 heteroatoms. The van der Waals surface area contributed by atoms with Gasteiger partial charge in [-0.2, -0.15) is 39.5 Å². The summed E-state index contributed by atoms with van der Waals surface area (Å²) in [4.78, 5) is 0. The van der Waals surface area contributed by atoms with Gasteiger partial charge in [-0.3, -0.25) is 0 Å². The monoisotopic (exact) mass is 522 g/mol. The lowest BCUT2D eigenvalue weighted by Crippen LogP contribution is -2.63. The van der Waals surface area contributed by atoms with Crippen LogP contribution in [0.4, 0.5) is 39.5 Å². The molecule has 4 nitrogen and oxygen atoms in total. The minimum absolute atomic E-state index is 0.167. The van der Waals surface area contributed by atoms with E-state index in [2.05, 4.69) is 0 Å². The molecule has 3 aliphatic rings. The molecule has 0 amide bonds. The highest BCUT2D eigenvalue weighted by Crippen LogP contribution is 2.59. The first-order chi connectivity index (χ1) is 14.5. The van der Waals surface area contributed by atoms with Crippen LogP contribution in [0.3, 0.4) is 0 Å². The van der Waals surface area contributed by atoms with Gasteiger partial charge in [-0.15, -0.1) is 23.5 Å². The Balaban J connectivity index is 2.11. The Morgan fingerprint density at radius 1 is 0.938 bits per heavy atom. The third-order valence-electron chi connectivity index (χ3n) is 5.01. The molecule has 3 aliphatic heterocycles. The summed E-state index contributed by atoms with van der Waals surface area (Å²) in [5, 5.41) is 0. The van der Waals surface area contributed by atoms with E-state index in [0.29, 0.717) is 29.9 Å². The van der Waals surface area contributed by atoms with E-state index in [1.807, 2.05) is 0 Å². The largest absolute Gasteiger partial charge is 0.460 e. The first-order valence-corrected chi connectivity index (χ1v) is 11.2. The molecular formula is C17H19F9O4S2. The molecule has 32 heavy (non-hydrogen) atoms. The highest BCUT2D eigenvalue weighted by molar-refractivity contribution is 8.22. The topological polar surface area (TPSA) is 36.9 Å². The van der Waals surface area contributed by atoms with E-state index >= 15 is 8.78 Å². The summed E-state index contributed by atoms with van der Waals surface area (Å²) < 4.78 is 145. The van der Waals surface area contributed by atoms with Crippen LogP contribution in [0, 0.1) is 0 Å². The molecule has 0 aromatic heterocycles.